The van der Waals surface area contributed by atoms with Crippen molar-refractivity contribution in [3.8, 4) is 0 Å². The Morgan fingerprint density at radius 1 is 0.646 bits per heavy atom. The van der Waals surface area contributed by atoms with Gasteiger partial charge in [0.2, 0.25) is 5.91 Å². The molecule has 0 aromatic carbocycles. The number of amides is 1. The fourth-order valence-corrected chi connectivity index (χ4v) is 6.76. The summed E-state index contributed by atoms with van der Waals surface area (Å²) in [6.07, 6.45) is 32.5. The second-order valence-electron chi connectivity index (χ2n) is 15.4. The molecule has 1 amide bonds. The number of hydrogen-bond acceptors (Lipinski definition) is 6. The van der Waals surface area contributed by atoms with E-state index in [-0.39, 0.29) is 19.1 Å². The second kappa shape index (κ2) is 32.4. The fraction of sp³-hybridized carbons (Fsp3) is 0.974. The molecule has 3 atom stereocenters. The molecule has 0 aliphatic rings. The maximum absolute atomic E-state index is 12.8. The van der Waals surface area contributed by atoms with Crippen LogP contribution in [0.1, 0.15) is 194 Å². The predicted octanol–water partition coefficient (Wildman–Crippen LogP) is 10.0. The molecule has 0 aliphatic heterocycles. The third-order valence-electron chi connectivity index (χ3n) is 9.35. The molecule has 3 unspecified atom stereocenters. The lowest BCUT2D eigenvalue weighted by Gasteiger charge is -2.30. The Hall–Kier alpha value is -0.500. The lowest BCUT2D eigenvalue weighted by molar-refractivity contribution is -0.870. The molecule has 0 spiro atoms. The topological polar surface area (TPSA) is 108 Å². The van der Waals surface area contributed by atoms with Crippen LogP contribution in [0.15, 0.2) is 0 Å². The zero-order valence-electron chi connectivity index (χ0n) is 32.5. The first-order valence-corrected chi connectivity index (χ1v) is 21.8. The number of rotatable bonds is 37. The lowest BCUT2D eigenvalue weighted by atomic mass is 10.0. The summed E-state index contributed by atoms with van der Waals surface area (Å²) in [6.45, 7) is 4.69. The van der Waals surface area contributed by atoms with Crippen molar-refractivity contribution < 1.29 is 32.9 Å². The number of aliphatic hydroxyl groups excluding tert-OH is 1. The summed E-state index contributed by atoms with van der Waals surface area (Å²) in [7, 11) is 1.31. The zero-order valence-corrected chi connectivity index (χ0v) is 33.4. The summed E-state index contributed by atoms with van der Waals surface area (Å²) in [4.78, 5) is 25.2. The van der Waals surface area contributed by atoms with Crippen LogP contribution in [0.2, 0.25) is 0 Å². The predicted molar refractivity (Wildman–Crippen MR) is 201 cm³/mol. The van der Waals surface area contributed by atoms with Crippen LogP contribution in [-0.2, 0) is 18.4 Å². The maximum atomic E-state index is 12.8. The van der Waals surface area contributed by atoms with E-state index < -0.39 is 20.0 Å². The monoisotopic (exact) mass is 705 g/mol. The van der Waals surface area contributed by atoms with Gasteiger partial charge in [-0.05, 0) is 12.8 Å². The third-order valence-corrected chi connectivity index (χ3v) is 10.3. The Bertz CT molecular complexity index is 763. The molecule has 8 nitrogen and oxygen atoms in total. The fourth-order valence-electron chi connectivity index (χ4n) is 6.04. The van der Waals surface area contributed by atoms with Gasteiger partial charge in [0.05, 0.1) is 39.9 Å². The number of hydrogen-bond donors (Lipinski definition) is 2. The van der Waals surface area contributed by atoms with Crippen LogP contribution in [0.5, 0.6) is 0 Å². The number of phosphoric ester groups is 1. The highest BCUT2D eigenvalue weighted by atomic mass is 31.2. The average molecular weight is 705 g/mol. The highest BCUT2D eigenvalue weighted by Gasteiger charge is 2.24. The first-order chi connectivity index (χ1) is 23.0. The summed E-state index contributed by atoms with van der Waals surface area (Å²) in [5.74, 6) is -0.165. The summed E-state index contributed by atoms with van der Waals surface area (Å²) in [6, 6.07) is -0.790. The molecule has 48 heavy (non-hydrogen) atoms. The van der Waals surface area contributed by atoms with Crippen LogP contribution < -0.4 is 10.2 Å². The Morgan fingerprint density at radius 3 is 1.42 bits per heavy atom. The SMILES string of the molecule is CCCCCCCCCCCCCCCCCCCCC(=O)NC(COP(=O)([O-])OCC[N+](C)(C)C)C(O)CCCCCCCCCC. The van der Waals surface area contributed by atoms with Crippen molar-refractivity contribution in [3.05, 3.63) is 0 Å². The molecule has 0 aliphatic carbocycles. The number of nitrogens with one attached hydrogen (secondary N) is 1. The minimum Gasteiger partial charge on any atom is -0.756 e. The number of quaternary nitrogens is 1. The quantitative estimate of drug-likeness (QED) is 0.0379. The van der Waals surface area contributed by atoms with Crippen molar-refractivity contribution in [2.75, 3.05) is 40.9 Å². The molecule has 288 valence electrons. The standard InChI is InChI=1S/C39H81N2O6P/c1-6-8-10-12-14-16-17-18-19-20-21-22-23-24-25-27-29-31-33-39(43)40-37(36-47-48(44,45)46-35-34-41(3,4)5)38(42)32-30-28-26-15-13-11-9-7-2/h37-38,42H,6-36H2,1-5H3,(H-,40,43,44,45). The molecule has 0 aromatic rings. The first kappa shape index (κ1) is 47.5. The van der Waals surface area contributed by atoms with Gasteiger partial charge in [-0.3, -0.25) is 9.36 Å². The summed E-state index contributed by atoms with van der Waals surface area (Å²) in [5, 5.41) is 13.8. The van der Waals surface area contributed by atoms with E-state index in [1.165, 1.54) is 128 Å². The van der Waals surface area contributed by atoms with Crippen LogP contribution in [0, 0.1) is 0 Å². The van der Waals surface area contributed by atoms with E-state index in [4.69, 9.17) is 9.05 Å². The number of carbonyl (C=O) groups excluding carboxylic acids is 1. The van der Waals surface area contributed by atoms with Gasteiger partial charge in [0.15, 0.2) is 0 Å². The molecule has 0 radical (unpaired) electrons. The highest BCUT2D eigenvalue weighted by Crippen LogP contribution is 2.38. The molecular formula is C39H81N2O6P. The molecule has 0 saturated carbocycles. The molecule has 0 aromatic heterocycles. The number of unbranched alkanes of at least 4 members (excludes halogenated alkanes) is 24. The van der Waals surface area contributed by atoms with Gasteiger partial charge in [0.1, 0.15) is 13.2 Å². The summed E-state index contributed by atoms with van der Waals surface area (Å²) in [5.41, 5.74) is 0. The van der Waals surface area contributed by atoms with Gasteiger partial charge in [-0.15, -0.1) is 0 Å². The lowest BCUT2D eigenvalue weighted by Crippen LogP contribution is -2.46. The number of nitrogens with zero attached hydrogens (tertiary/aromatic N) is 1. The first-order valence-electron chi connectivity index (χ1n) is 20.4. The van der Waals surface area contributed by atoms with E-state index in [1.54, 1.807) is 0 Å². The van der Waals surface area contributed by atoms with E-state index in [9.17, 15) is 19.4 Å². The molecular weight excluding hydrogens is 623 g/mol. The number of carbonyl (C=O) groups is 1. The molecule has 0 heterocycles. The minimum absolute atomic E-state index is 0.0153. The smallest absolute Gasteiger partial charge is 0.268 e. The zero-order chi connectivity index (χ0) is 35.8. The van der Waals surface area contributed by atoms with Crippen molar-refractivity contribution in [3.63, 3.8) is 0 Å². The summed E-state index contributed by atoms with van der Waals surface area (Å²) < 4.78 is 23.1. The molecule has 0 rings (SSSR count). The van der Waals surface area contributed by atoms with E-state index in [1.807, 2.05) is 21.1 Å². The van der Waals surface area contributed by atoms with Gasteiger partial charge in [0, 0.05) is 6.42 Å². The minimum atomic E-state index is -4.54. The van der Waals surface area contributed by atoms with Crippen molar-refractivity contribution in [1.82, 2.24) is 5.32 Å². The molecule has 0 fully saturated rings. The average Bonchev–Trinajstić information content (AvgIpc) is 3.02. The van der Waals surface area contributed by atoms with E-state index in [0.717, 1.165) is 38.5 Å². The Labute approximate surface area is 298 Å². The number of aliphatic hydroxyl groups is 1. The van der Waals surface area contributed by atoms with Gasteiger partial charge in [0.25, 0.3) is 7.82 Å². The van der Waals surface area contributed by atoms with E-state index >= 15 is 0 Å². The van der Waals surface area contributed by atoms with Crippen molar-refractivity contribution in [2.45, 2.75) is 206 Å². The van der Waals surface area contributed by atoms with Crippen molar-refractivity contribution in [2.24, 2.45) is 0 Å². The normalized spacial score (nSPS) is 14.6. The Balaban J connectivity index is 4.25. The van der Waals surface area contributed by atoms with Crippen molar-refractivity contribution in [1.29, 1.82) is 0 Å². The third kappa shape index (κ3) is 34.0. The summed E-state index contributed by atoms with van der Waals surface area (Å²) >= 11 is 0. The van der Waals surface area contributed by atoms with Gasteiger partial charge in [-0.1, -0.05) is 174 Å². The Kier molecular flexibility index (Phi) is 32.1. The van der Waals surface area contributed by atoms with Crippen LogP contribution in [0.25, 0.3) is 0 Å². The largest absolute Gasteiger partial charge is 0.756 e. The molecule has 0 bridgehead atoms. The van der Waals surface area contributed by atoms with Gasteiger partial charge >= 0.3 is 0 Å². The van der Waals surface area contributed by atoms with Crippen molar-refractivity contribution >= 4 is 13.7 Å². The highest BCUT2D eigenvalue weighted by molar-refractivity contribution is 7.45. The molecule has 0 saturated heterocycles. The number of likely N-dealkylation sites (N-methyl/N-ethyl adjacent to an activating group) is 1. The van der Waals surface area contributed by atoms with Crippen LogP contribution in [0.3, 0.4) is 0 Å². The molecule has 9 heteroatoms. The van der Waals surface area contributed by atoms with Crippen LogP contribution >= 0.6 is 7.82 Å². The van der Waals surface area contributed by atoms with Crippen LogP contribution in [-0.4, -0.2) is 68.5 Å². The second-order valence-corrected chi connectivity index (χ2v) is 16.8. The van der Waals surface area contributed by atoms with Crippen LogP contribution in [0.4, 0.5) is 0 Å². The number of phosphoric acid groups is 1. The van der Waals surface area contributed by atoms with Gasteiger partial charge in [-0.25, -0.2) is 0 Å². The van der Waals surface area contributed by atoms with E-state index in [0.29, 0.717) is 23.9 Å². The Morgan fingerprint density at radius 2 is 1.02 bits per heavy atom. The molecule has 2 N–H and O–H groups in total. The maximum Gasteiger partial charge on any atom is 0.268 e. The van der Waals surface area contributed by atoms with Gasteiger partial charge in [-0.2, -0.15) is 0 Å². The van der Waals surface area contributed by atoms with E-state index in [2.05, 4.69) is 19.2 Å². The van der Waals surface area contributed by atoms with Gasteiger partial charge < -0.3 is 28.8 Å².